The number of carbonyl (C=O) groups is 2. The highest BCUT2D eigenvalue weighted by Gasteiger charge is 2.45. The van der Waals surface area contributed by atoms with Crippen molar-refractivity contribution in [3.8, 4) is 5.75 Å². The van der Waals surface area contributed by atoms with Gasteiger partial charge in [0.1, 0.15) is 11.5 Å². The molecule has 0 spiro atoms. The van der Waals surface area contributed by atoms with E-state index in [1.807, 2.05) is 56.3 Å². The van der Waals surface area contributed by atoms with Crippen LogP contribution in [0.2, 0.25) is 0 Å². The lowest BCUT2D eigenvalue weighted by atomic mass is 9.95. The minimum atomic E-state index is -0.671. The first-order valence-corrected chi connectivity index (χ1v) is 10.1. The molecule has 1 aliphatic rings. The van der Waals surface area contributed by atoms with Crippen molar-refractivity contribution in [2.75, 3.05) is 33.8 Å². The molecule has 3 rings (SSSR count). The number of nitrogens with zero attached hydrogens (tertiary/aromatic N) is 2. The second-order valence-corrected chi connectivity index (χ2v) is 7.58. The lowest BCUT2D eigenvalue weighted by Crippen LogP contribution is -2.35. The highest BCUT2D eigenvalue weighted by Crippen LogP contribution is 2.40. The summed E-state index contributed by atoms with van der Waals surface area (Å²) < 4.78 is 5.75. The fourth-order valence-electron chi connectivity index (χ4n) is 3.51. The number of hydrogen-bond acceptors (Lipinski definition) is 5. The number of hydrogen-bond donors (Lipinski definition) is 1. The van der Waals surface area contributed by atoms with Gasteiger partial charge in [-0.1, -0.05) is 49.4 Å². The summed E-state index contributed by atoms with van der Waals surface area (Å²) >= 11 is 0. The smallest absolute Gasteiger partial charge is 0.295 e. The normalized spacial score (nSPS) is 18.3. The third kappa shape index (κ3) is 4.54. The third-order valence-corrected chi connectivity index (χ3v) is 5.02. The molecule has 1 fully saturated rings. The molecule has 0 bridgehead atoms. The van der Waals surface area contributed by atoms with Gasteiger partial charge in [-0.25, -0.2) is 0 Å². The number of rotatable bonds is 8. The van der Waals surface area contributed by atoms with Crippen molar-refractivity contribution in [1.29, 1.82) is 0 Å². The van der Waals surface area contributed by atoms with Crippen LogP contribution in [0.25, 0.3) is 5.76 Å². The molecule has 0 radical (unpaired) electrons. The van der Waals surface area contributed by atoms with Gasteiger partial charge in [0.2, 0.25) is 0 Å². The molecule has 6 heteroatoms. The number of aliphatic hydroxyl groups excluding tert-OH is 1. The Kier molecular flexibility index (Phi) is 6.90. The highest BCUT2D eigenvalue weighted by atomic mass is 16.5. The number of ketones is 1. The van der Waals surface area contributed by atoms with E-state index in [2.05, 4.69) is 0 Å². The minimum absolute atomic E-state index is 0.109. The Balaban J connectivity index is 2.10. The number of aliphatic hydroxyl groups is 1. The predicted molar refractivity (Wildman–Crippen MR) is 116 cm³/mol. The summed E-state index contributed by atoms with van der Waals surface area (Å²) in [6.45, 7) is 3.57. The molecule has 0 saturated carbocycles. The summed E-state index contributed by atoms with van der Waals surface area (Å²) in [5, 5.41) is 11.0. The topological polar surface area (TPSA) is 70.1 Å². The average molecular weight is 408 g/mol. The molecule has 0 aromatic heterocycles. The number of amides is 1. The zero-order valence-electron chi connectivity index (χ0n) is 17.7. The Morgan fingerprint density at radius 2 is 1.83 bits per heavy atom. The summed E-state index contributed by atoms with van der Waals surface area (Å²) in [6, 6.07) is 15.6. The summed E-state index contributed by atoms with van der Waals surface area (Å²) in [4.78, 5) is 29.3. The van der Waals surface area contributed by atoms with Crippen LogP contribution in [-0.2, 0) is 9.59 Å². The molecule has 0 aliphatic carbocycles. The second-order valence-electron chi connectivity index (χ2n) is 7.58. The molecule has 30 heavy (non-hydrogen) atoms. The second kappa shape index (κ2) is 9.59. The van der Waals surface area contributed by atoms with Gasteiger partial charge in [-0.2, -0.15) is 0 Å². The van der Waals surface area contributed by atoms with Gasteiger partial charge >= 0.3 is 0 Å². The van der Waals surface area contributed by atoms with E-state index in [1.165, 1.54) is 4.90 Å². The van der Waals surface area contributed by atoms with Crippen LogP contribution in [0, 0.1) is 0 Å². The van der Waals surface area contributed by atoms with E-state index >= 15 is 0 Å². The Morgan fingerprint density at radius 3 is 2.50 bits per heavy atom. The van der Waals surface area contributed by atoms with Gasteiger partial charge in [-0.3, -0.25) is 9.59 Å². The largest absolute Gasteiger partial charge is 0.507 e. The summed E-state index contributed by atoms with van der Waals surface area (Å²) in [7, 11) is 3.82. The maximum absolute atomic E-state index is 13.0. The monoisotopic (exact) mass is 408 g/mol. The Bertz CT molecular complexity index is 937. The van der Waals surface area contributed by atoms with Gasteiger partial charge in [0.25, 0.3) is 11.7 Å². The lowest BCUT2D eigenvalue weighted by molar-refractivity contribution is -0.140. The van der Waals surface area contributed by atoms with Gasteiger partial charge < -0.3 is 19.6 Å². The SMILES string of the molecule is CCCOc1cccc([C@@H]2C(=C(O)c3ccccc3)C(=O)C(=O)N2CCN(C)C)c1. The van der Waals surface area contributed by atoms with Crippen LogP contribution in [0.4, 0.5) is 0 Å². The van der Waals surface area contributed by atoms with Crippen molar-refractivity contribution in [1.82, 2.24) is 9.80 Å². The van der Waals surface area contributed by atoms with Crippen molar-refractivity contribution in [2.45, 2.75) is 19.4 Å². The Morgan fingerprint density at radius 1 is 1.10 bits per heavy atom. The molecule has 1 atom stereocenters. The molecule has 158 valence electrons. The van der Waals surface area contributed by atoms with Crippen LogP contribution >= 0.6 is 0 Å². The summed E-state index contributed by atoms with van der Waals surface area (Å²) in [6.07, 6.45) is 0.875. The average Bonchev–Trinajstić information content (AvgIpc) is 3.01. The Labute approximate surface area is 177 Å². The van der Waals surface area contributed by atoms with E-state index in [4.69, 9.17) is 4.74 Å². The van der Waals surface area contributed by atoms with Crippen LogP contribution in [-0.4, -0.2) is 60.4 Å². The molecule has 6 nitrogen and oxygen atoms in total. The molecule has 1 N–H and O–H groups in total. The quantitative estimate of drug-likeness (QED) is 0.412. The molecular formula is C24H28N2O4. The maximum Gasteiger partial charge on any atom is 0.295 e. The zero-order valence-corrected chi connectivity index (χ0v) is 17.7. The van der Waals surface area contributed by atoms with Gasteiger partial charge in [0, 0.05) is 18.7 Å². The van der Waals surface area contributed by atoms with Crippen LogP contribution in [0.15, 0.2) is 60.2 Å². The maximum atomic E-state index is 13.0. The van der Waals surface area contributed by atoms with Crippen molar-refractivity contribution < 1.29 is 19.4 Å². The van der Waals surface area contributed by atoms with Crippen molar-refractivity contribution in [2.24, 2.45) is 0 Å². The number of benzene rings is 2. The standard InChI is InChI=1S/C24H28N2O4/c1-4-15-30-19-12-8-11-18(16-19)21-20(22(27)17-9-6-5-7-10-17)23(28)24(29)26(21)14-13-25(2)3/h5-12,16,21,27H,4,13-15H2,1-3H3/t21-/m1/s1. The molecular weight excluding hydrogens is 380 g/mol. The number of carbonyl (C=O) groups excluding carboxylic acids is 2. The van der Waals surface area contributed by atoms with Gasteiger partial charge in [-0.15, -0.1) is 0 Å². The van der Waals surface area contributed by atoms with Gasteiger partial charge in [-0.05, 0) is 38.2 Å². The molecule has 0 unspecified atom stereocenters. The molecule has 1 saturated heterocycles. The zero-order chi connectivity index (χ0) is 21.7. The molecule has 2 aromatic carbocycles. The van der Waals surface area contributed by atoms with Crippen LogP contribution < -0.4 is 4.74 Å². The molecule has 2 aromatic rings. The molecule has 1 amide bonds. The van der Waals surface area contributed by atoms with E-state index in [9.17, 15) is 14.7 Å². The Hall–Kier alpha value is -3.12. The summed E-state index contributed by atoms with van der Waals surface area (Å²) in [5.41, 5.74) is 1.35. The highest BCUT2D eigenvalue weighted by molar-refractivity contribution is 6.46. The van der Waals surface area contributed by atoms with Gasteiger partial charge in [0.15, 0.2) is 0 Å². The van der Waals surface area contributed by atoms with Crippen LogP contribution in [0.3, 0.4) is 0 Å². The number of likely N-dealkylation sites (N-methyl/N-ethyl adjacent to an activating group) is 1. The molecule has 1 heterocycles. The lowest BCUT2D eigenvalue weighted by Gasteiger charge is -2.27. The fraction of sp³-hybridized carbons (Fsp3) is 0.333. The number of Topliss-reactive ketones (excluding diaryl/α,β-unsaturated/α-hetero) is 1. The van der Waals surface area contributed by atoms with E-state index < -0.39 is 17.7 Å². The third-order valence-electron chi connectivity index (χ3n) is 5.02. The summed E-state index contributed by atoms with van der Waals surface area (Å²) in [5.74, 6) is -0.752. The van der Waals surface area contributed by atoms with Crippen molar-refractivity contribution in [3.05, 3.63) is 71.3 Å². The minimum Gasteiger partial charge on any atom is -0.507 e. The predicted octanol–water partition coefficient (Wildman–Crippen LogP) is 3.46. The van der Waals surface area contributed by atoms with Gasteiger partial charge in [0.05, 0.1) is 18.2 Å². The fourth-order valence-corrected chi connectivity index (χ4v) is 3.51. The van der Waals surface area contributed by atoms with E-state index in [0.717, 1.165) is 12.0 Å². The first-order valence-electron chi connectivity index (χ1n) is 10.1. The number of ether oxygens (including phenoxy) is 1. The van der Waals surface area contributed by atoms with Crippen molar-refractivity contribution in [3.63, 3.8) is 0 Å². The first kappa shape index (κ1) is 21.6. The molecule has 1 aliphatic heterocycles. The number of likely N-dealkylation sites (tertiary alicyclic amines) is 1. The van der Waals surface area contributed by atoms with E-state index in [1.54, 1.807) is 24.3 Å². The van der Waals surface area contributed by atoms with Crippen LogP contribution in [0.5, 0.6) is 5.75 Å². The van der Waals surface area contributed by atoms with Crippen LogP contribution in [0.1, 0.15) is 30.5 Å². The van der Waals surface area contributed by atoms with E-state index in [-0.39, 0.29) is 11.3 Å². The first-order chi connectivity index (χ1) is 14.4. The van der Waals surface area contributed by atoms with E-state index in [0.29, 0.717) is 31.0 Å². The van der Waals surface area contributed by atoms with Crippen molar-refractivity contribution >= 4 is 17.4 Å².